The van der Waals surface area contributed by atoms with E-state index in [1.807, 2.05) is 13.8 Å². The first kappa shape index (κ1) is 7.53. The van der Waals surface area contributed by atoms with Crippen molar-refractivity contribution in [3.63, 3.8) is 0 Å². The van der Waals surface area contributed by atoms with Gasteiger partial charge in [0.05, 0.1) is 0 Å². The Morgan fingerprint density at radius 3 is 2.38 bits per heavy atom. The quantitative estimate of drug-likeness (QED) is 0.488. The summed E-state index contributed by atoms with van der Waals surface area (Å²) in [5.41, 5.74) is 0. The van der Waals surface area contributed by atoms with E-state index in [1.54, 1.807) is 0 Å². The Kier molecular flexibility index (Phi) is 3.32. The van der Waals surface area contributed by atoms with Crippen molar-refractivity contribution >= 4 is 13.4 Å². The first-order chi connectivity index (χ1) is 3.68. The molecule has 0 saturated heterocycles. The van der Waals surface area contributed by atoms with Crippen molar-refractivity contribution in [1.29, 1.82) is 0 Å². The molecule has 0 unspecified atom stereocenters. The van der Waals surface area contributed by atoms with Crippen LogP contribution in [0.1, 0.15) is 13.8 Å². The Balaban J connectivity index is 3.48. The molecule has 0 aromatic rings. The Morgan fingerprint density at radius 2 is 2.25 bits per heavy atom. The van der Waals surface area contributed by atoms with Gasteiger partial charge in [-0.15, -0.1) is 0 Å². The monoisotopic (exact) mass is 110 g/mol. The van der Waals surface area contributed by atoms with E-state index in [1.165, 1.54) is 0 Å². The van der Waals surface area contributed by atoms with Gasteiger partial charge in [-0.3, -0.25) is 0 Å². The van der Waals surface area contributed by atoms with Crippen LogP contribution in [0.4, 0.5) is 0 Å². The number of carbonyl (C=O) groups is 1. The molecular formula is C5H9BNO. The topological polar surface area (TPSA) is 29.4 Å². The second-order valence-electron chi connectivity index (χ2n) is 1.96. The molecule has 0 amide bonds. The van der Waals surface area contributed by atoms with Crippen LogP contribution in [0.25, 0.3) is 0 Å². The standard InChI is InChI=1S/C5H9BNO/c1-4(2)5(8)3-7-6/h4H,3H2,1-2H3. The van der Waals surface area contributed by atoms with E-state index in [4.69, 9.17) is 7.64 Å². The van der Waals surface area contributed by atoms with E-state index in [9.17, 15) is 4.79 Å². The third kappa shape index (κ3) is 2.67. The number of rotatable bonds is 3. The van der Waals surface area contributed by atoms with E-state index in [2.05, 4.69) is 4.90 Å². The van der Waals surface area contributed by atoms with Gasteiger partial charge in [-0.2, -0.15) is 0 Å². The fourth-order valence-electron chi connectivity index (χ4n) is 0.273. The average Bonchev–Trinajstić information content (AvgIpc) is 1.67. The van der Waals surface area contributed by atoms with Gasteiger partial charge >= 0.3 is 49.4 Å². The molecule has 0 heterocycles. The summed E-state index contributed by atoms with van der Waals surface area (Å²) >= 11 is 0. The Morgan fingerprint density at radius 1 is 1.75 bits per heavy atom. The zero-order valence-corrected chi connectivity index (χ0v) is 5.22. The zero-order valence-electron chi connectivity index (χ0n) is 5.22. The number of ketones is 1. The first-order valence-corrected chi connectivity index (χ1v) is 2.58. The molecule has 0 aromatic carbocycles. The summed E-state index contributed by atoms with van der Waals surface area (Å²) < 4.78 is 0. The third-order valence-corrected chi connectivity index (χ3v) is 0.891. The van der Waals surface area contributed by atoms with Gasteiger partial charge in [0.25, 0.3) is 0 Å². The van der Waals surface area contributed by atoms with Crippen molar-refractivity contribution < 1.29 is 4.79 Å². The van der Waals surface area contributed by atoms with Crippen LogP contribution in [0, 0.1) is 5.92 Å². The minimum atomic E-state index is 0.0577. The van der Waals surface area contributed by atoms with Gasteiger partial charge in [-0.25, -0.2) is 0 Å². The Hall–Kier alpha value is -0.465. The van der Waals surface area contributed by atoms with Crippen molar-refractivity contribution in [2.24, 2.45) is 10.8 Å². The zero-order chi connectivity index (χ0) is 6.57. The van der Waals surface area contributed by atoms with Crippen molar-refractivity contribution in [1.82, 2.24) is 0 Å². The van der Waals surface area contributed by atoms with Gasteiger partial charge < -0.3 is 0 Å². The molecule has 0 aliphatic heterocycles. The molecule has 0 atom stereocenters. The van der Waals surface area contributed by atoms with Crippen LogP contribution in [0.2, 0.25) is 0 Å². The molecule has 0 rings (SSSR count). The van der Waals surface area contributed by atoms with Crippen LogP contribution in [0.3, 0.4) is 0 Å². The summed E-state index contributed by atoms with van der Waals surface area (Å²) in [6.45, 7) is 3.80. The van der Waals surface area contributed by atoms with Crippen molar-refractivity contribution in [2.75, 3.05) is 6.54 Å². The van der Waals surface area contributed by atoms with Gasteiger partial charge in [0.2, 0.25) is 0 Å². The van der Waals surface area contributed by atoms with E-state index in [-0.39, 0.29) is 18.2 Å². The van der Waals surface area contributed by atoms with E-state index in [0.717, 1.165) is 0 Å². The molecule has 2 nitrogen and oxygen atoms in total. The van der Waals surface area contributed by atoms with Gasteiger partial charge in [0, 0.05) is 0 Å². The number of carbonyl (C=O) groups excluding carboxylic acids is 1. The van der Waals surface area contributed by atoms with E-state index >= 15 is 0 Å². The maximum absolute atomic E-state index is 10.6. The molecule has 43 valence electrons. The molecule has 0 bridgehead atoms. The number of nitrogens with zero attached hydrogens (tertiary/aromatic N) is 1. The molecule has 0 N–H and O–H groups in total. The third-order valence-electron chi connectivity index (χ3n) is 0.891. The number of hydrogen-bond acceptors (Lipinski definition) is 2. The Bertz CT molecular complexity index is 101. The molecular weight excluding hydrogens is 101 g/mol. The second-order valence-corrected chi connectivity index (χ2v) is 1.96. The maximum atomic E-state index is 10.6. The second kappa shape index (κ2) is 3.53. The molecule has 0 fully saturated rings. The predicted octanol–water partition coefficient (Wildman–Crippen LogP) is 0.564. The van der Waals surface area contributed by atoms with Crippen molar-refractivity contribution in [2.45, 2.75) is 13.8 Å². The molecule has 1 radical (unpaired) electrons. The molecule has 0 aliphatic carbocycles. The van der Waals surface area contributed by atoms with Gasteiger partial charge in [-0.1, -0.05) is 0 Å². The summed E-state index contributed by atoms with van der Waals surface area (Å²) in [6, 6.07) is 0. The summed E-state index contributed by atoms with van der Waals surface area (Å²) in [5, 5.41) is 0. The van der Waals surface area contributed by atoms with Crippen LogP contribution >= 0.6 is 0 Å². The normalized spacial score (nSPS) is 9.25. The van der Waals surface area contributed by atoms with Crippen LogP contribution in [0.15, 0.2) is 4.90 Å². The number of hydrogen-bond donors (Lipinski definition) is 0. The summed E-state index contributed by atoms with van der Waals surface area (Å²) in [6.07, 6.45) is 0. The first-order valence-electron chi connectivity index (χ1n) is 2.58. The summed E-state index contributed by atoms with van der Waals surface area (Å²) in [4.78, 5) is 13.8. The molecule has 0 saturated carbocycles. The molecule has 3 heteroatoms. The van der Waals surface area contributed by atoms with E-state index < -0.39 is 0 Å². The predicted molar refractivity (Wildman–Crippen MR) is 32.9 cm³/mol. The van der Waals surface area contributed by atoms with Crippen LogP contribution in [-0.4, -0.2) is 20.0 Å². The van der Waals surface area contributed by atoms with Crippen LogP contribution in [-0.2, 0) is 4.79 Å². The molecule has 0 aliphatic rings. The van der Waals surface area contributed by atoms with E-state index in [0.29, 0.717) is 0 Å². The number of Topliss-reactive ketones (excluding diaryl/α,β-unsaturated/α-hetero) is 1. The van der Waals surface area contributed by atoms with Crippen molar-refractivity contribution in [3.8, 4) is 0 Å². The van der Waals surface area contributed by atoms with Crippen LogP contribution < -0.4 is 0 Å². The van der Waals surface area contributed by atoms with Gasteiger partial charge in [-0.05, 0) is 0 Å². The fraction of sp³-hybridized carbons (Fsp3) is 0.800. The SMILES string of the molecule is [B]=NCC(=O)C(C)C. The molecule has 0 spiro atoms. The molecule has 8 heavy (non-hydrogen) atoms. The van der Waals surface area contributed by atoms with Crippen molar-refractivity contribution in [3.05, 3.63) is 0 Å². The fourth-order valence-corrected chi connectivity index (χ4v) is 0.273. The Labute approximate surface area is 50.4 Å². The van der Waals surface area contributed by atoms with Gasteiger partial charge in [0.1, 0.15) is 0 Å². The minimum absolute atomic E-state index is 0.0577. The average molecular weight is 110 g/mol. The van der Waals surface area contributed by atoms with Crippen LogP contribution in [0.5, 0.6) is 0 Å². The summed E-state index contributed by atoms with van der Waals surface area (Å²) in [5.74, 6) is 0.148. The van der Waals surface area contributed by atoms with Gasteiger partial charge in [0.15, 0.2) is 0 Å². The summed E-state index contributed by atoms with van der Waals surface area (Å²) in [7, 11) is 4.77. The molecule has 0 aromatic heterocycles.